The van der Waals surface area contributed by atoms with Crippen LogP contribution in [0.4, 0.5) is 8.78 Å². The maximum atomic E-state index is 13.5. The summed E-state index contributed by atoms with van der Waals surface area (Å²) >= 11 is 0. The van der Waals surface area contributed by atoms with Crippen molar-refractivity contribution in [3.8, 4) is 5.75 Å². The van der Waals surface area contributed by atoms with Crippen molar-refractivity contribution >= 4 is 12.4 Å². The molecule has 4 nitrogen and oxygen atoms in total. The number of aliphatic hydroxyl groups excluding tert-OH is 1. The lowest BCUT2D eigenvalue weighted by molar-refractivity contribution is -0.0461. The van der Waals surface area contributed by atoms with Crippen LogP contribution < -0.4 is 4.74 Å². The monoisotopic (exact) mass is 455 g/mol. The first-order valence-electron chi connectivity index (χ1n) is 10.3. The third-order valence-corrected chi connectivity index (χ3v) is 5.31. The van der Waals surface area contributed by atoms with Gasteiger partial charge in [-0.1, -0.05) is 44.5 Å². The molecule has 1 heterocycles. The van der Waals surface area contributed by atoms with Crippen LogP contribution in [-0.2, 0) is 10.2 Å². The zero-order valence-corrected chi connectivity index (χ0v) is 19.3. The summed E-state index contributed by atoms with van der Waals surface area (Å²) in [5, 5.41) is 10.5. The topological polar surface area (TPSA) is 41.9 Å². The van der Waals surface area contributed by atoms with Gasteiger partial charge in [0.25, 0.3) is 0 Å². The second-order valence-electron chi connectivity index (χ2n) is 9.01. The molecule has 2 atom stereocenters. The van der Waals surface area contributed by atoms with E-state index >= 15 is 0 Å². The Labute approximate surface area is 189 Å². The zero-order chi connectivity index (χ0) is 21.9. The number of nitrogens with zero attached hydrogens (tertiary/aromatic N) is 1. The number of hydrogen-bond donors (Lipinski definition) is 1. The molecular formula is C24H32ClF2NO3. The molecule has 0 spiro atoms. The van der Waals surface area contributed by atoms with Gasteiger partial charge < -0.3 is 14.6 Å². The second kappa shape index (κ2) is 10.7. The van der Waals surface area contributed by atoms with E-state index in [-0.39, 0.29) is 30.5 Å². The third kappa shape index (κ3) is 6.88. The van der Waals surface area contributed by atoms with E-state index in [2.05, 4.69) is 38.7 Å². The molecule has 2 aromatic carbocycles. The first-order valence-corrected chi connectivity index (χ1v) is 10.3. The first kappa shape index (κ1) is 25.5. The summed E-state index contributed by atoms with van der Waals surface area (Å²) in [5.41, 5.74) is 2.82. The van der Waals surface area contributed by atoms with E-state index < -0.39 is 17.7 Å². The molecule has 1 aliphatic heterocycles. The Morgan fingerprint density at radius 1 is 1.16 bits per heavy atom. The fourth-order valence-corrected chi connectivity index (χ4v) is 3.68. The van der Waals surface area contributed by atoms with Gasteiger partial charge in [0.2, 0.25) is 0 Å². The van der Waals surface area contributed by atoms with Crippen molar-refractivity contribution < 1.29 is 23.4 Å². The number of rotatable bonds is 6. The van der Waals surface area contributed by atoms with Gasteiger partial charge in [-0.25, -0.2) is 8.78 Å². The van der Waals surface area contributed by atoms with Gasteiger partial charge in [-0.3, -0.25) is 4.90 Å². The van der Waals surface area contributed by atoms with E-state index in [4.69, 9.17) is 9.47 Å². The van der Waals surface area contributed by atoms with Crippen LogP contribution in [0.1, 0.15) is 43.6 Å². The van der Waals surface area contributed by atoms with Crippen molar-refractivity contribution in [3.05, 3.63) is 64.7 Å². The number of halogens is 3. The van der Waals surface area contributed by atoms with E-state index in [0.717, 1.165) is 17.4 Å². The molecule has 2 aromatic rings. The Kier molecular flexibility index (Phi) is 8.83. The van der Waals surface area contributed by atoms with E-state index in [9.17, 15) is 13.9 Å². The summed E-state index contributed by atoms with van der Waals surface area (Å²) in [6, 6.07) is 9.91. The number of aliphatic hydroxyl groups is 1. The number of β-amino-alcohol motifs (C(OH)–C–C–N with tert-alkyl or cyclic N) is 1. The minimum atomic E-state index is -0.880. The van der Waals surface area contributed by atoms with Crippen molar-refractivity contribution in [2.45, 2.75) is 45.3 Å². The van der Waals surface area contributed by atoms with E-state index in [1.54, 1.807) is 0 Å². The molecule has 1 fully saturated rings. The number of ether oxygens (including phenoxy) is 2. The van der Waals surface area contributed by atoms with Gasteiger partial charge >= 0.3 is 0 Å². The van der Waals surface area contributed by atoms with Crippen molar-refractivity contribution in [2.24, 2.45) is 0 Å². The highest BCUT2D eigenvalue weighted by molar-refractivity contribution is 5.85. The van der Waals surface area contributed by atoms with Gasteiger partial charge in [-0.15, -0.1) is 12.4 Å². The maximum Gasteiger partial charge on any atom is 0.159 e. The van der Waals surface area contributed by atoms with Crippen LogP contribution in [0.3, 0.4) is 0 Å². The van der Waals surface area contributed by atoms with Gasteiger partial charge in [0.05, 0.1) is 12.7 Å². The largest absolute Gasteiger partial charge is 0.491 e. The Hall–Kier alpha value is -1.73. The Balaban J connectivity index is 0.00000341. The molecule has 31 heavy (non-hydrogen) atoms. The van der Waals surface area contributed by atoms with Gasteiger partial charge in [0.15, 0.2) is 11.6 Å². The van der Waals surface area contributed by atoms with E-state index in [0.29, 0.717) is 31.8 Å². The predicted molar refractivity (Wildman–Crippen MR) is 120 cm³/mol. The molecule has 1 saturated heterocycles. The highest BCUT2D eigenvalue weighted by Crippen LogP contribution is 2.32. The highest BCUT2D eigenvalue weighted by Gasteiger charge is 2.25. The fraction of sp³-hybridized carbons (Fsp3) is 0.500. The summed E-state index contributed by atoms with van der Waals surface area (Å²) in [6.45, 7) is 10.7. The number of benzene rings is 2. The summed E-state index contributed by atoms with van der Waals surface area (Å²) in [7, 11) is 0. The zero-order valence-electron chi connectivity index (χ0n) is 18.5. The number of aryl methyl sites for hydroxylation is 1. The van der Waals surface area contributed by atoms with Crippen LogP contribution in [0, 0.1) is 18.6 Å². The van der Waals surface area contributed by atoms with Crippen molar-refractivity contribution in [1.82, 2.24) is 4.90 Å². The van der Waals surface area contributed by atoms with E-state index in [1.165, 1.54) is 17.7 Å². The molecule has 2 unspecified atom stereocenters. The minimum Gasteiger partial charge on any atom is -0.491 e. The van der Waals surface area contributed by atoms with Gasteiger partial charge in [0, 0.05) is 19.6 Å². The number of morpholine rings is 1. The molecule has 7 heteroatoms. The van der Waals surface area contributed by atoms with Gasteiger partial charge in [-0.05, 0) is 41.7 Å². The number of hydrogen-bond acceptors (Lipinski definition) is 4. The van der Waals surface area contributed by atoms with Gasteiger partial charge in [0.1, 0.15) is 18.5 Å². The average molecular weight is 456 g/mol. The summed E-state index contributed by atoms with van der Waals surface area (Å²) in [6.07, 6.45) is -1.03. The van der Waals surface area contributed by atoms with Crippen LogP contribution in [0.2, 0.25) is 0 Å². The van der Waals surface area contributed by atoms with Crippen molar-refractivity contribution in [2.75, 3.05) is 32.8 Å². The quantitative estimate of drug-likeness (QED) is 0.679. The molecule has 0 saturated carbocycles. The lowest BCUT2D eigenvalue weighted by Gasteiger charge is -2.34. The van der Waals surface area contributed by atoms with Crippen LogP contribution in [-0.4, -0.2) is 49.0 Å². The SMILES string of the molecule is Cc1ccc(OCC(O)CN2CCOC(c3ccc(F)c(F)c3)C2)c(C(C)(C)C)c1.Cl. The summed E-state index contributed by atoms with van der Waals surface area (Å²) in [5.74, 6) is -0.965. The molecule has 0 aliphatic carbocycles. The van der Waals surface area contributed by atoms with Crippen molar-refractivity contribution in [1.29, 1.82) is 0 Å². The van der Waals surface area contributed by atoms with Crippen LogP contribution in [0.25, 0.3) is 0 Å². The molecule has 172 valence electrons. The minimum absolute atomic E-state index is 0. The third-order valence-electron chi connectivity index (χ3n) is 5.31. The second-order valence-corrected chi connectivity index (χ2v) is 9.01. The van der Waals surface area contributed by atoms with Gasteiger partial charge in [-0.2, -0.15) is 0 Å². The fourth-order valence-electron chi connectivity index (χ4n) is 3.68. The first-order chi connectivity index (χ1) is 14.1. The predicted octanol–water partition coefficient (Wildman–Crippen LogP) is 4.81. The molecule has 0 radical (unpaired) electrons. The lowest BCUT2D eigenvalue weighted by Crippen LogP contribution is -2.43. The summed E-state index contributed by atoms with van der Waals surface area (Å²) in [4.78, 5) is 2.06. The molecular weight excluding hydrogens is 424 g/mol. The molecule has 0 aromatic heterocycles. The van der Waals surface area contributed by atoms with E-state index in [1.807, 2.05) is 12.1 Å². The molecule has 1 aliphatic rings. The van der Waals surface area contributed by atoms with Crippen LogP contribution >= 0.6 is 12.4 Å². The smallest absolute Gasteiger partial charge is 0.159 e. The average Bonchev–Trinajstić information content (AvgIpc) is 2.68. The normalized spacial score (nSPS) is 18.4. The standard InChI is InChI=1S/C24H31F2NO3.ClH/c1-16-5-8-22(19(11-16)24(2,3)4)30-15-18(28)13-27-9-10-29-23(14-27)17-6-7-20(25)21(26)12-17;/h5-8,11-12,18,23,28H,9-10,13-15H2,1-4H3;1H. The Morgan fingerprint density at radius 3 is 2.58 bits per heavy atom. The molecule has 3 rings (SSSR count). The van der Waals surface area contributed by atoms with Crippen LogP contribution in [0.15, 0.2) is 36.4 Å². The lowest BCUT2D eigenvalue weighted by atomic mass is 9.85. The summed E-state index contributed by atoms with van der Waals surface area (Å²) < 4.78 is 38.4. The van der Waals surface area contributed by atoms with Crippen LogP contribution in [0.5, 0.6) is 5.75 Å². The molecule has 0 bridgehead atoms. The Morgan fingerprint density at radius 2 is 1.90 bits per heavy atom. The molecule has 0 amide bonds. The maximum absolute atomic E-state index is 13.5. The van der Waals surface area contributed by atoms with Crippen molar-refractivity contribution in [3.63, 3.8) is 0 Å². The Bertz CT molecular complexity index is 872. The molecule has 1 N–H and O–H groups in total. The highest BCUT2D eigenvalue weighted by atomic mass is 35.5.